The average Bonchev–Trinajstić information content (AvgIpc) is 2.81. The highest BCUT2D eigenvalue weighted by Gasteiger charge is 2.37. The molecule has 0 saturated heterocycles. The number of hydrogen-bond donors (Lipinski definition) is 0. The van der Waals surface area contributed by atoms with E-state index >= 15 is 4.39 Å². The lowest BCUT2D eigenvalue weighted by molar-refractivity contribution is -0.142. The van der Waals surface area contributed by atoms with E-state index in [9.17, 15) is 26.3 Å². The monoisotopic (exact) mass is 504 g/mol. The predicted molar refractivity (Wildman–Crippen MR) is 124 cm³/mol. The van der Waals surface area contributed by atoms with Gasteiger partial charge in [-0.3, -0.25) is 0 Å². The first-order valence-corrected chi connectivity index (χ1v) is 10.9. The topological polar surface area (TPSA) is 9.23 Å². The van der Waals surface area contributed by atoms with E-state index in [1.807, 2.05) is 0 Å². The van der Waals surface area contributed by atoms with Crippen LogP contribution < -0.4 is 4.74 Å². The zero-order valence-electron chi connectivity index (χ0n) is 18.7. The molecule has 0 aliphatic heterocycles. The van der Waals surface area contributed by atoms with Crippen molar-refractivity contribution in [3.63, 3.8) is 0 Å². The van der Waals surface area contributed by atoms with Crippen LogP contribution in [0.15, 0.2) is 73.3 Å². The largest absolute Gasteiger partial charge is 0.489 e. The molecule has 0 spiro atoms. The van der Waals surface area contributed by atoms with Crippen LogP contribution in [-0.2, 0) is 19.0 Å². The third kappa shape index (κ3) is 5.22. The van der Waals surface area contributed by atoms with Crippen LogP contribution in [0.4, 0.5) is 30.7 Å². The van der Waals surface area contributed by atoms with E-state index in [0.29, 0.717) is 34.4 Å². The molecule has 0 atom stereocenters. The molecular weight excluding hydrogens is 485 g/mol. The zero-order valence-corrected chi connectivity index (χ0v) is 18.7. The molecule has 0 unspecified atom stereocenters. The zero-order chi connectivity index (χ0) is 26.0. The molecule has 0 aliphatic rings. The third-order valence-corrected chi connectivity index (χ3v) is 5.72. The van der Waals surface area contributed by atoms with Gasteiger partial charge in [-0.1, -0.05) is 36.9 Å². The number of ether oxygens (including phenoxy) is 1. The van der Waals surface area contributed by atoms with E-state index in [-0.39, 0.29) is 36.0 Å². The molecule has 0 N–H and O–H groups in total. The van der Waals surface area contributed by atoms with Crippen molar-refractivity contribution in [1.82, 2.24) is 0 Å². The summed E-state index contributed by atoms with van der Waals surface area (Å²) in [6.07, 6.45) is -3.68. The molecule has 4 aromatic rings. The normalized spacial score (nSPS) is 11.6. The first-order chi connectivity index (χ1) is 17.1. The van der Waals surface area contributed by atoms with Crippen molar-refractivity contribution in [2.45, 2.75) is 19.0 Å². The Morgan fingerprint density at radius 1 is 0.778 bits per heavy atom. The smallest absolute Gasteiger partial charge is 0.422 e. The van der Waals surface area contributed by atoms with Gasteiger partial charge in [0.15, 0.2) is 0 Å². The van der Waals surface area contributed by atoms with Crippen molar-refractivity contribution in [3.05, 3.63) is 113 Å². The Hall–Kier alpha value is -3.81. The van der Waals surface area contributed by atoms with Gasteiger partial charge in [0, 0.05) is 17.0 Å². The first kappa shape index (κ1) is 25.3. The van der Waals surface area contributed by atoms with E-state index in [2.05, 4.69) is 6.58 Å². The molecule has 36 heavy (non-hydrogen) atoms. The SMILES string of the molecule is C=CCOc1ccc(-c2ccc3c(F)c(CCc4cc(F)c(C(F)(F)F)c(F)c4)ccc3c2)c(F)c1. The second-order valence-corrected chi connectivity index (χ2v) is 8.15. The van der Waals surface area contributed by atoms with E-state index in [1.54, 1.807) is 30.3 Å². The number of hydrogen-bond acceptors (Lipinski definition) is 1. The Morgan fingerprint density at radius 3 is 2.14 bits per heavy atom. The molecule has 0 fully saturated rings. The summed E-state index contributed by atoms with van der Waals surface area (Å²) in [5.74, 6) is -4.15. The highest BCUT2D eigenvalue weighted by atomic mass is 19.4. The van der Waals surface area contributed by atoms with Crippen molar-refractivity contribution in [1.29, 1.82) is 0 Å². The molecule has 0 bridgehead atoms. The van der Waals surface area contributed by atoms with Gasteiger partial charge in [0.1, 0.15) is 41.2 Å². The van der Waals surface area contributed by atoms with Crippen molar-refractivity contribution >= 4 is 10.8 Å². The maximum Gasteiger partial charge on any atom is 0.422 e. The lowest BCUT2D eigenvalue weighted by Crippen LogP contribution is -2.12. The number of benzene rings is 4. The van der Waals surface area contributed by atoms with Crippen LogP contribution in [0.5, 0.6) is 5.75 Å². The van der Waals surface area contributed by atoms with Crippen LogP contribution in [0.25, 0.3) is 21.9 Å². The number of rotatable bonds is 7. The van der Waals surface area contributed by atoms with Crippen LogP contribution in [0.1, 0.15) is 16.7 Å². The van der Waals surface area contributed by atoms with Gasteiger partial charge in [0.25, 0.3) is 0 Å². The summed E-state index contributed by atoms with van der Waals surface area (Å²) in [7, 11) is 0. The lowest BCUT2D eigenvalue weighted by Gasteiger charge is -2.12. The molecule has 0 saturated carbocycles. The summed E-state index contributed by atoms with van der Waals surface area (Å²) in [5, 5.41) is 0.763. The Labute approximate surface area is 202 Å². The van der Waals surface area contributed by atoms with Crippen molar-refractivity contribution < 1.29 is 35.5 Å². The summed E-state index contributed by atoms with van der Waals surface area (Å²) < 4.78 is 101. The maximum absolute atomic E-state index is 15.1. The van der Waals surface area contributed by atoms with Gasteiger partial charge in [-0.15, -0.1) is 0 Å². The van der Waals surface area contributed by atoms with Gasteiger partial charge in [-0.25, -0.2) is 17.6 Å². The molecule has 0 amide bonds. The molecule has 4 rings (SSSR count). The van der Waals surface area contributed by atoms with E-state index in [0.717, 1.165) is 0 Å². The Balaban J connectivity index is 1.57. The Morgan fingerprint density at radius 2 is 1.50 bits per heavy atom. The quantitative estimate of drug-likeness (QED) is 0.181. The molecule has 0 radical (unpaired) electrons. The summed E-state index contributed by atoms with van der Waals surface area (Å²) in [5.41, 5.74) is -0.916. The number of halogens is 7. The summed E-state index contributed by atoms with van der Waals surface area (Å²) in [4.78, 5) is 0. The minimum absolute atomic E-state index is 0.00850. The predicted octanol–water partition coefficient (Wildman–Crippen LogP) is 8.43. The minimum Gasteiger partial charge on any atom is -0.489 e. The fraction of sp³-hybridized carbons (Fsp3) is 0.143. The van der Waals surface area contributed by atoms with Gasteiger partial charge in [0.05, 0.1) is 0 Å². The van der Waals surface area contributed by atoms with E-state index < -0.39 is 35.0 Å². The van der Waals surface area contributed by atoms with Crippen LogP contribution in [0.2, 0.25) is 0 Å². The molecule has 0 aliphatic carbocycles. The van der Waals surface area contributed by atoms with E-state index in [1.165, 1.54) is 24.3 Å². The molecule has 0 aromatic heterocycles. The van der Waals surface area contributed by atoms with E-state index in [4.69, 9.17) is 4.74 Å². The van der Waals surface area contributed by atoms with Crippen molar-refractivity contribution in [2.24, 2.45) is 0 Å². The third-order valence-electron chi connectivity index (χ3n) is 5.72. The van der Waals surface area contributed by atoms with Gasteiger partial charge >= 0.3 is 6.18 Å². The van der Waals surface area contributed by atoms with Crippen LogP contribution in [0, 0.1) is 23.3 Å². The fourth-order valence-electron chi connectivity index (χ4n) is 3.99. The number of alkyl halides is 3. The molecule has 8 heteroatoms. The lowest BCUT2D eigenvalue weighted by atomic mass is 9.96. The van der Waals surface area contributed by atoms with Crippen molar-refractivity contribution in [3.8, 4) is 16.9 Å². The molecule has 4 aromatic carbocycles. The fourth-order valence-corrected chi connectivity index (χ4v) is 3.99. The van der Waals surface area contributed by atoms with Gasteiger partial charge in [-0.2, -0.15) is 13.2 Å². The second kappa shape index (κ2) is 10.0. The second-order valence-electron chi connectivity index (χ2n) is 8.15. The average molecular weight is 504 g/mol. The number of fused-ring (bicyclic) bond motifs is 1. The number of aryl methyl sites for hydroxylation is 2. The molecular formula is C28H19F7O. The Kier molecular flexibility index (Phi) is 7.06. The summed E-state index contributed by atoms with van der Waals surface area (Å²) in [6, 6.07) is 13.5. The van der Waals surface area contributed by atoms with Crippen LogP contribution >= 0.6 is 0 Å². The standard InChI is InChI=1S/C28H19F7O/c1-2-11-36-20-8-10-21(23(29)15-20)18-7-9-22-19(14-18)6-5-17(27(22)32)4-3-16-12-24(30)26(25(31)13-16)28(33,34)35/h2,5-10,12-15H,1,3-4,11H2. The molecule has 186 valence electrons. The Bertz CT molecular complexity index is 1420. The highest BCUT2D eigenvalue weighted by molar-refractivity contribution is 5.88. The summed E-state index contributed by atoms with van der Waals surface area (Å²) >= 11 is 0. The van der Waals surface area contributed by atoms with Crippen molar-refractivity contribution in [2.75, 3.05) is 6.61 Å². The summed E-state index contributed by atoms with van der Waals surface area (Å²) in [6.45, 7) is 3.77. The van der Waals surface area contributed by atoms with Crippen LogP contribution in [-0.4, -0.2) is 6.61 Å². The molecule has 0 heterocycles. The maximum atomic E-state index is 15.1. The van der Waals surface area contributed by atoms with Gasteiger partial charge in [0.2, 0.25) is 0 Å². The van der Waals surface area contributed by atoms with Crippen LogP contribution in [0.3, 0.4) is 0 Å². The first-order valence-electron chi connectivity index (χ1n) is 10.9. The minimum atomic E-state index is -5.15. The van der Waals surface area contributed by atoms with Gasteiger partial charge in [-0.05, 0) is 65.3 Å². The highest BCUT2D eigenvalue weighted by Crippen LogP contribution is 2.35. The molecule has 1 nitrogen and oxygen atoms in total. The van der Waals surface area contributed by atoms with Gasteiger partial charge < -0.3 is 4.74 Å².